The minimum Gasteiger partial charge on any atom is -0.357 e. The van der Waals surface area contributed by atoms with Gasteiger partial charge in [0, 0.05) is 39.1 Å². The molecule has 4 rings (SSSR count). The lowest BCUT2D eigenvalue weighted by atomic mass is 9.88. The molecule has 2 aliphatic heterocycles. The molecular formula is C20H26N4O2. The standard InChI is InChI=1S/C20H26N4O2/c1-15-4-3-5-16(12-15)13-23-9-6-20(7-10-23)19-22-8-11-24(19)14-17(26-20)18(25)21-2/h3-5,8,11-12,17H,6-7,9-10,13-14H2,1-2H3,(H,21,25)/t17-/m1/s1. The minimum absolute atomic E-state index is 0.0640. The molecule has 1 aromatic carbocycles. The van der Waals surface area contributed by atoms with E-state index in [9.17, 15) is 4.79 Å². The molecule has 3 heterocycles. The highest BCUT2D eigenvalue weighted by Crippen LogP contribution is 2.40. The Morgan fingerprint density at radius 3 is 2.92 bits per heavy atom. The number of nitrogens with one attached hydrogen (secondary N) is 1. The first-order valence-corrected chi connectivity index (χ1v) is 9.28. The Balaban J connectivity index is 1.49. The van der Waals surface area contributed by atoms with Gasteiger partial charge in [0.2, 0.25) is 0 Å². The summed E-state index contributed by atoms with van der Waals surface area (Å²) in [5.74, 6) is 0.902. The van der Waals surface area contributed by atoms with Gasteiger partial charge in [-0.1, -0.05) is 29.8 Å². The third kappa shape index (κ3) is 3.15. The lowest BCUT2D eigenvalue weighted by molar-refractivity contribution is -0.173. The second kappa shape index (κ2) is 6.85. The Labute approximate surface area is 154 Å². The number of amides is 1. The number of fused-ring (bicyclic) bond motifs is 2. The Morgan fingerprint density at radius 2 is 2.19 bits per heavy atom. The highest BCUT2D eigenvalue weighted by Gasteiger charge is 2.46. The maximum atomic E-state index is 12.2. The zero-order valence-electron chi connectivity index (χ0n) is 15.4. The fraction of sp³-hybridized carbons (Fsp3) is 0.500. The molecule has 1 spiro atoms. The van der Waals surface area contributed by atoms with Crippen molar-refractivity contribution in [3.8, 4) is 0 Å². The van der Waals surface area contributed by atoms with E-state index in [0.29, 0.717) is 6.54 Å². The van der Waals surface area contributed by atoms with Crippen LogP contribution in [0.2, 0.25) is 0 Å². The van der Waals surface area contributed by atoms with Gasteiger partial charge in [-0.05, 0) is 25.3 Å². The van der Waals surface area contributed by atoms with E-state index < -0.39 is 11.7 Å². The van der Waals surface area contributed by atoms with Gasteiger partial charge in [-0.25, -0.2) is 4.98 Å². The summed E-state index contributed by atoms with van der Waals surface area (Å²) in [6, 6.07) is 8.67. The van der Waals surface area contributed by atoms with Gasteiger partial charge in [0.15, 0.2) is 6.10 Å². The van der Waals surface area contributed by atoms with Crippen LogP contribution in [0, 0.1) is 6.92 Å². The summed E-state index contributed by atoms with van der Waals surface area (Å²) in [6.45, 7) is 5.47. The molecule has 0 bridgehead atoms. The lowest BCUT2D eigenvalue weighted by Gasteiger charge is -2.45. The van der Waals surface area contributed by atoms with Gasteiger partial charge in [-0.2, -0.15) is 0 Å². The number of aryl methyl sites for hydroxylation is 1. The number of aromatic nitrogens is 2. The van der Waals surface area contributed by atoms with Gasteiger partial charge in [0.25, 0.3) is 5.91 Å². The lowest BCUT2D eigenvalue weighted by Crippen LogP contribution is -2.53. The molecule has 1 amide bonds. The Morgan fingerprint density at radius 1 is 1.38 bits per heavy atom. The monoisotopic (exact) mass is 354 g/mol. The number of ether oxygens (including phenoxy) is 1. The Kier molecular flexibility index (Phi) is 4.54. The molecule has 1 N–H and O–H groups in total. The number of hydrogen-bond donors (Lipinski definition) is 1. The van der Waals surface area contributed by atoms with Crippen LogP contribution in [0.5, 0.6) is 0 Å². The number of nitrogens with zero attached hydrogens (tertiary/aromatic N) is 3. The van der Waals surface area contributed by atoms with Crippen molar-refractivity contribution in [2.24, 2.45) is 0 Å². The number of likely N-dealkylation sites (tertiary alicyclic amines) is 1. The average molecular weight is 354 g/mol. The van der Waals surface area contributed by atoms with Crippen LogP contribution in [0.25, 0.3) is 0 Å². The van der Waals surface area contributed by atoms with E-state index in [-0.39, 0.29) is 5.91 Å². The third-order valence-electron chi connectivity index (χ3n) is 5.54. The van der Waals surface area contributed by atoms with Gasteiger partial charge in [0.05, 0.1) is 6.54 Å². The van der Waals surface area contributed by atoms with Crippen LogP contribution < -0.4 is 5.32 Å². The average Bonchev–Trinajstić information content (AvgIpc) is 3.13. The number of carbonyl (C=O) groups is 1. The van der Waals surface area contributed by atoms with Crippen molar-refractivity contribution in [2.75, 3.05) is 20.1 Å². The zero-order valence-corrected chi connectivity index (χ0v) is 15.4. The largest absolute Gasteiger partial charge is 0.357 e. The summed E-state index contributed by atoms with van der Waals surface area (Å²) in [7, 11) is 1.66. The molecular weight excluding hydrogens is 328 g/mol. The molecule has 1 fully saturated rings. The van der Waals surface area contributed by atoms with E-state index in [1.807, 2.05) is 12.4 Å². The number of carbonyl (C=O) groups excluding carboxylic acids is 1. The second-order valence-electron chi connectivity index (χ2n) is 7.38. The predicted molar refractivity (Wildman–Crippen MR) is 98.5 cm³/mol. The van der Waals surface area contributed by atoms with Crippen LogP contribution in [0.4, 0.5) is 0 Å². The number of piperidine rings is 1. The summed E-state index contributed by atoms with van der Waals surface area (Å²) in [4.78, 5) is 19.2. The van der Waals surface area contributed by atoms with Crippen molar-refractivity contribution in [1.82, 2.24) is 19.8 Å². The summed E-state index contributed by atoms with van der Waals surface area (Å²) >= 11 is 0. The maximum Gasteiger partial charge on any atom is 0.250 e. The van der Waals surface area contributed by atoms with Crippen LogP contribution in [0.3, 0.4) is 0 Å². The quantitative estimate of drug-likeness (QED) is 0.914. The number of rotatable bonds is 3. The van der Waals surface area contributed by atoms with Gasteiger partial charge < -0.3 is 14.6 Å². The number of hydrogen-bond acceptors (Lipinski definition) is 4. The molecule has 0 aliphatic carbocycles. The summed E-state index contributed by atoms with van der Waals surface area (Å²) < 4.78 is 8.43. The maximum absolute atomic E-state index is 12.2. The molecule has 26 heavy (non-hydrogen) atoms. The second-order valence-corrected chi connectivity index (χ2v) is 7.38. The fourth-order valence-electron chi connectivity index (χ4n) is 4.18. The van der Waals surface area contributed by atoms with Crippen molar-refractivity contribution in [3.05, 3.63) is 53.6 Å². The van der Waals surface area contributed by atoms with E-state index in [4.69, 9.17) is 4.74 Å². The first-order chi connectivity index (χ1) is 12.6. The number of likely N-dealkylation sites (N-methyl/N-ethyl adjacent to an activating group) is 1. The SMILES string of the molecule is CNC(=O)[C@H]1Cn2ccnc2C2(CCN(Cc3cccc(C)c3)CC2)O1. The predicted octanol–water partition coefficient (Wildman–Crippen LogP) is 1.83. The fourth-order valence-corrected chi connectivity index (χ4v) is 4.18. The molecule has 1 aromatic heterocycles. The minimum atomic E-state index is -0.456. The van der Waals surface area contributed by atoms with Crippen LogP contribution in [-0.2, 0) is 28.2 Å². The molecule has 6 heteroatoms. The molecule has 0 radical (unpaired) electrons. The summed E-state index contributed by atoms with van der Waals surface area (Å²) in [5, 5.41) is 2.72. The van der Waals surface area contributed by atoms with Crippen LogP contribution in [-0.4, -0.2) is 46.6 Å². The van der Waals surface area contributed by atoms with Crippen LogP contribution in [0.1, 0.15) is 29.8 Å². The highest BCUT2D eigenvalue weighted by molar-refractivity contribution is 5.80. The summed E-state index contributed by atoms with van der Waals surface area (Å²) in [6.07, 6.45) is 5.01. The van der Waals surface area contributed by atoms with Crippen molar-refractivity contribution in [2.45, 2.75) is 44.6 Å². The molecule has 1 atom stereocenters. The van der Waals surface area contributed by atoms with Crippen LogP contribution in [0.15, 0.2) is 36.7 Å². The van der Waals surface area contributed by atoms with E-state index in [2.05, 4.69) is 51.0 Å². The third-order valence-corrected chi connectivity index (χ3v) is 5.54. The van der Waals surface area contributed by atoms with Gasteiger partial charge >= 0.3 is 0 Å². The van der Waals surface area contributed by atoms with Gasteiger partial charge in [-0.3, -0.25) is 9.69 Å². The van der Waals surface area contributed by atoms with Crippen molar-refractivity contribution >= 4 is 5.91 Å². The molecule has 0 unspecified atom stereocenters. The Hall–Kier alpha value is -2.18. The Bertz CT molecular complexity index is 793. The zero-order chi connectivity index (χ0) is 18.1. The first kappa shape index (κ1) is 17.2. The molecule has 0 saturated carbocycles. The number of benzene rings is 1. The van der Waals surface area contributed by atoms with E-state index in [1.54, 1.807) is 7.05 Å². The smallest absolute Gasteiger partial charge is 0.250 e. The molecule has 6 nitrogen and oxygen atoms in total. The van der Waals surface area contributed by atoms with E-state index >= 15 is 0 Å². The normalized spacial score (nSPS) is 22.2. The molecule has 2 aromatic rings. The van der Waals surface area contributed by atoms with Gasteiger partial charge in [-0.15, -0.1) is 0 Å². The highest BCUT2D eigenvalue weighted by atomic mass is 16.5. The topological polar surface area (TPSA) is 59.4 Å². The van der Waals surface area contributed by atoms with E-state index in [1.165, 1.54) is 11.1 Å². The van der Waals surface area contributed by atoms with E-state index in [0.717, 1.165) is 38.3 Å². The first-order valence-electron chi connectivity index (χ1n) is 9.28. The van der Waals surface area contributed by atoms with Crippen LogP contribution >= 0.6 is 0 Å². The van der Waals surface area contributed by atoms with Crippen molar-refractivity contribution in [3.63, 3.8) is 0 Å². The van der Waals surface area contributed by atoms with Crippen molar-refractivity contribution < 1.29 is 9.53 Å². The number of imidazole rings is 1. The van der Waals surface area contributed by atoms with Crippen molar-refractivity contribution in [1.29, 1.82) is 0 Å². The molecule has 2 aliphatic rings. The van der Waals surface area contributed by atoms with Gasteiger partial charge in [0.1, 0.15) is 11.4 Å². The summed E-state index contributed by atoms with van der Waals surface area (Å²) in [5.41, 5.74) is 2.18. The molecule has 1 saturated heterocycles. The molecule has 138 valence electrons.